The van der Waals surface area contributed by atoms with Gasteiger partial charge in [0, 0.05) is 17.4 Å². The van der Waals surface area contributed by atoms with E-state index < -0.39 is 22.8 Å². The van der Waals surface area contributed by atoms with Crippen LogP contribution in [0.4, 0.5) is 0 Å². The first kappa shape index (κ1) is 25.7. The van der Waals surface area contributed by atoms with Crippen molar-refractivity contribution in [1.29, 1.82) is 0 Å². The molecule has 9 atom stereocenters. The molecule has 190 valence electrons. The zero-order chi connectivity index (χ0) is 25.1. The molecule has 4 rings (SSSR count). The number of hydrogen-bond donors (Lipinski definition) is 1. The molecule has 0 aromatic heterocycles. The van der Waals surface area contributed by atoms with Crippen LogP contribution in [0.15, 0.2) is 23.8 Å². The SMILES string of the molecule is CCC(/C=C/C(C)C1CCC2C3CC=C4C(=O)[C@](O)(C(=O)OC)C[C@]4(C)C3CC[C@]12C)C(C)C. The van der Waals surface area contributed by atoms with Crippen LogP contribution in [0.5, 0.6) is 0 Å². The minimum Gasteiger partial charge on any atom is -0.467 e. The highest BCUT2D eigenvalue weighted by Crippen LogP contribution is 2.68. The number of methoxy groups -OCH3 is 1. The van der Waals surface area contributed by atoms with Crippen molar-refractivity contribution in [2.24, 2.45) is 52.3 Å². The first-order valence-electron chi connectivity index (χ1n) is 13.7. The number of aliphatic hydroxyl groups is 1. The Labute approximate surface area is 206 Å². The fraction of sp³-hybridized carbons (Fsp3) is 0.800. The Morgan fingerprint density at radius 2 is 1.88 bits per heavy atom. The maximum absolute atomic E-state index is 13.1. The van der Waals surface area contributed by atoms with Gasteiger partial charge in [-0.1, -0.05) is 59.8 Å². The molecular weight excluding hydrogens is 424 g/mol. The third-order valence-electron chi connectivity index (χ3n) is 10.9. The van der Waals surface area contributed by atoms with Crippen molar-refractivity contribution < 1.29 is 19.4 Å². The highest BCUT2D eigenvalue weighted by molar-refractivity contribution is 6.18. The van der Waals surface area contributed by atoms with Gasteiger partial charge in [-0.25, -0.2) is 4.79 Å². The van der Waals surface area contributed by atoms with Crippen molar-refractivity contribution in [2.45, 2.75) is 92.1 Å². The van der Waals surface area contributed by atoms with Crippen molar-refractivity contribution in [3.63, 3.8) is 0 Å². The van der Waals surface area contributed by atoms with E-state index in [9.17, 15) is 14.7 Å². The average Bonchev–Trinajstić information content (AvgIpc) is 3.25. The summed E-state index contributed by atoms with van der Waals surface area (Å²) in [5.41, 5.74) is -1.47. The Balaban J connectivity index is 1.57. The summed E-state index contributed by atoms with van der Waals surface area (Å²) in [7, 11) is 1.25. The molecule has 4 nitrogen and oxygen atoms in total. The first-order chi connectivity index (χ1) is 15.9. The first-order valence-corrected chi connectivity index (χ1v) is 13.7. The summed E-state index contributed by atoms with van der Waals surface area (Å²) in [6.07, 6.45) is 14.0. The molecule has 4 aliphatic carbocycles. The summed E-state index contributed by atoms with van der Waals surface area (Å²) in [5.74, 6) is 2.85. The number of allylic oxidation sites excluding steroid dienone is 3. The standard InChI is InChI=1S/C30H46O4/c1-8-20(18(2)3)10-9-19(4)22-13-14-23-21-11-12-25-26(31)30(33,27(32)34-7)17-29(25,6)24(21)15-16-28(22,23)5/h9-10,12,18-24,33H,8,11,13-17H2,1-7H3/b10-9+/t19?,20?,21?,22?,23?,24?,28-,29-,30+/m1/s1. The maximum atomic E-state index is 13.1. The van der Waals surface area contributed by atoms with E-state index in [1.807, 2.05) is 0 Å². The lowest BCUT2D eigenvalue weighted by atomic mass is 9.49. The molecule has 0 amide bonds. The summed E-state index contributed by atoms with van der Waals surface area (Å²) in [6.45, 7) is 14.0. The number of carbonyl (C=O) groups is 2. The lowest BCUT2D eigenvalue weighted by Gasteiger charge is -2.55. The zero-order valence-corrected chi connectivity index (χ0v) is 22.4. The van der Waals surface area contributed by atoms with Crippen molar-refractivity contribution in [2.75, 3.05) is 7.11 Å². The minimum absolute atomic E-state index is 0.165. The number of fused-ring (bicyclic) bond motifs is 5. The highest BCUT2D eigenvalue weighted by atomic mass is 16.5. The van der Waals surface area contributed by atoms with E-state index in [2.05, 4.69) is 59.8 Å². The summed E-state index contributed by atoms with van der Waals surface area (Å²) >= 11 is 0. The molecule has 3 saturated carbocycles. The normalized spacial score (nSPS) is 43.3. The number of ether oxygens (including phenoxy) is 1. The van der Waals surface area contributed by atoms with Gasteiger partial charge in [0.2, 0.25) is 11.4 Å². The molecule has 0 aromatic rings. The second-order valence-corrected chi connectivity index (χ2v) is 12.8. The topological polar surface area (TPSA) is 63.6 Å². The van der Waals surface area contributed by atoms with E-state index >= 15 is 0 Å². The Morgan fingerprint density at radius 3 is 2.50 bits per heavy atom. The van der Waals surface area contributed by atoms with Crippen LogP contribution in [0.3, 0.4) is 0 Å². The van der Waals surface area contributed by atoms with Gasteiger partial charge >= 0.3 is 5.97 Å². The van der Waals surface area contributed by atoms with Crippen LogP contribution in [0.2, 0.25) is 0 Å². The molecular formula is C30H46O4. The summed E-state index contributed by atoms with van der Waals surface area (Å²) in [5, 5.41) is 11.1. The summed E-state index contributed by atoms with van der Waals surface area (Å²) in [4.78, 5) is 25.5. The molecule has 3 fully saturated rings. The maximum Gasteiger partial charge on any atom is 0.346 e. The molecule has 0 saturated heterocycles. The molecule has 1 N–H and O–H groups in total. The van der Waals surface area contributed by atoms with Crippen LogP contribution in [0.25, 0.3) is 0 Å². The predicted molar refractivity (Wildman–Crippen MR) is 135 cm³/mol. The molecule has 6 unspecified atom stereocenters. The number of hydrogen-bond acceptors (Lipinski definition) is 4. The fourth-order valence-corrected chi connectivity index (χ4v) is 9.03. The Kier molecular flexibility index (Phi) is 6.72. The molecule has 0 aliphatic heterocycles. The molecule has 0 spiro atoms. The molecule has 4 aliphatic rings. The van der Waals surface area contributed by atoms with E-state index in [0.29, 0.717) is 52.4 Å². The van der Waals surface area contributed by atoms with Crippen LogP contribution in [0.1, 0.15) is 86.5 Å². The van der Waals surface area contributed by atoms with Gasteiger partial charge in [-0.3, -0.25) is 4.79 Å². The van der Waals surface area contributed by atoms with Gasteiger partial charge in [0.15, 0.2) is 0 Å². The molecule has 4 heteroatoms. The Morgan fingerprint density at radius 1 is 1.18 bits per heavy atom. The quantitative estimate of drug-likeness (QED) is 0.288. The van der Waals surface area contributed by atoms with E-state index in [0.717, 1.165) is 19.3 Å². The number of carbonyl (C=O) groups excluding carboxylic acids is 2. The number of rotatable bonds is 6. The Bertz CT molecular complexity index is 886. The van der Waals surface area contributed by atoms with Crippen LogP contribution in [-0.2, 0) is 14.3 Å². The molecule has 0 radical (unpaired) electrons. The fourth-order valence-electron chi connectivity index (χ4n) is 9.03. The summed E-state index contributed by atoms with van der Waals surface area (Å²) in [6, 6.07) is 0. The third kappa shape index (κ3) is 3.65. The second kappa shape index (κ2) is 8.91. The van der Waals surface area contributed by atoms with E-state index in [4.69, 9.17) is 4.74 Å². The monoisotopic (exact) mass is 470 g/mol. The molecule has 0 aromatic carbocycles. The van der Waals surface area contributed by atoms with Crippen LogP contribution in [0, 0.1) is 52.3 Å². The van der Waals surface area contributed by atoms with Crippen LogP contribution >= 0.6 is 0 Å². The minimum atomic E-state index is -2.02. The highest BCUT2D eigenvalue weighted by Gasteiger charge is 2.67. The van der Waals surface area contributed by atoms with Gasteiger partial charge in [0.05, 0.1) is 7.11 Å². The number of ketones is 1. The third-order valence-corrected chi connectivity index (χ3v) is 10.9. The van der Waals surface area contributed by atoms with E-state index in [-0.39, 0.29) is 6.42 Å². The number of esters is 1. The van der Waals surface area contributed by atoms with Gasteiger partial charge in [0.25, 0.3) is 0 Å². The van der Waals surface area contributed by atoms with Crippen molar-refractivity contribution >= 4 is 11.8 Å². The lowest BCUT2D eigenvalue weighted by Crippen LogP contribution is -2.49. The summed E-state index contributed by atoms with van der Waals surface area (Å²) < 4.78 is 4.84. The number of Topliss-reactive ketones (excluding diaryl/α,β-unsaturated/α-hetero) is 1. The second-order valence-electron chi connectivity index (χ2n) is 12.8. The van der Waals surface area contributed by atoms with E-state index in [1.54, 1.807) is 0 Å². The largest absolute Gasteiger partial charge is 0.467 e. The van der Waals surface area contributed by atoms with Crippen molar-refractivity contribution in [3.8, 4) is 0 Å². The van der Waals surface area contributed by atoms with E-state index in [1.165, 1.54) is 26.4 Å². The van der Waals surface area contributed by atoms with Gasteiger partial charge in [-0.2, -0.15) is 0 Å². The molecule has 34 heavy (non-hydrogen) atoms. The van der Waals surface area contributed by atoms with Gasteiger partial charge in [0.1, 0.15) is 0 Å². The Hall–Kier alpha value is -1.42. The van der Waals surface area contributed by atoms with Crippen LogP contribution < -0.4 is 0 Å². The van der Waals surface area contributed by atoms with Gasteiger partial charge in [-0.05, 0) is 85.4 Å². The van der Waals surface area contributed by atoms with Crippen LogP contribution in [-0.4, -0.2) is 29.6 Å². The molecule has 0 bridgehead atoms. The lowest BCUT2D eigenvalue weighted by molar-refractivity contribution is -0.166. The van der Waals surface area contributed by atoms with Gasteiger partial charge < -0.3 is 9.84 Å². The van der Waals surface area contributed by atoms with Gasteiger partial charge in [-0.15, -0.1) is 0 Å². The van der Waals surface area contributed by atoms with Crippen molar-refractivity contribution in [1.82, 2.24) is 0 Å². The van der Waals surface area contributed by atoms with Crippen molar-refractivity contribution in [3.05, 3.63) is 23.8 Å². The molecule has 0 heterocycles. The predicted octanol–water partition coefficient (Wildman–Crippen LogP) is 6.13. The zero-order valence-electron chi connectivity index (χ0n) is 22.4. The smallest absolute Gasteiger partial charge is 0.346 e. The average molecular weight is 471 g/mol.